The van der Waals surface area contributed by atoms with Crippen molar-refractivity contribution in [1.29, 1.82) is 0 Å². The van der Waals surface area contributed by atoms with Crippen molar-refractivity contribution < 1.29 is 14.0 Å². The summed E-state index contributed by atoms with van der Waals surface area (Å²) in [4.78, 5) is 31.7. The van der Waals surface area contributed by atoms with Crippen molar-refractivity contribution in [1.82, 2.24) is 19.8 Å². The van der Waals surface area contributed by atoms with E-state index in [-0.39, 0.29) is 16.3 Å². The molecule has 0 saturated heterocycles. The second-order valence-electron chi connectivity index (χ2n) is 8.77. The molecule has 0 fully saturated rings. The van der Waals surface area contributed by atoms with Crippen LogP contribution in [0.25, 0.3) is 11.4 Å². The number of aromatic nitrogens is 2. The third kappa shape index (κ3) is 4.49. The lowest BCUT2D eigenvalue weighted by Crippen LogP contribution is -2.52. The van der Waals surface area contributed by atoms with Crippen LogP contribution in [0.15, 0.2) is 18.2 Å². The summed E-state index contributed by atoms with van der Waals surface area (Å²) in [6.07, 6.45) is 0.828. The number of fused-ring (bicyclic) bond motifs is 1. The molecule has 2 amide bonds. The Balaban J connectivity index is 2.09. The molecule has 30 heavy (non-hydrogen) atoms. The lowest BCUT2D eigenvalue weighted by Gasteiger charge is -2.28. The number of primary amides is 1. The number of halogens is 2. The number of rotatable bonds is 4. The van der Waals surface area contributed by atoms with Crippen molar-refractivity contribution in [3.8, 4) is 11.4 Å². The normalized spacial score (nSPS) is 15.9. The highest BCUT2D eigenvalue weighted by molar-refractivity contribution is 6.30. The number of nitrogens with one attached hydrogen (secondary N) is 1. The zero-order valence-electron chi connectivity index (χ0n) is 17.6. The summed E-state index contributed by atoms with van der Waals surface area (Å²) < 4.78 is 16.5. The summed E-state index contributed by atoms with van der Waals surface area (Å²) in [5, 5.41) is 3.01. The van der Waals surface area contributed by atoms with E-state index in [0.717, 1.165) is 13.0 Å². The van der Waals surface area contributed by atoms with Gasteiger partial charge in [0.15, 0.2) is 5.69 Å². The van der Waals surface area contributed by atoms with E-state index >= 15 is 0 Å². The lowest BCUT2D eigenvalue weighted by molar-refractivity contribution is -0.122. The average molecular weight is 436 g/mol. The molecule has 162 valence electrons. The van der Waals surface area contributed by atoms with Crippen LogP contribution < -0.4 is 11.1 Å². The molecule has 9 heteroatoms. The van der Waals surface area contributed by atoms with Gasteiger partial charge in [0.05, 0.1) is 11.3 Å². The van der Waals surface area contributed by atoms with E-state index in [0.29, 0.717) is 24.6 Å². The van der Waals surface area contributed by atoms with Gasteiger partial charge >= 0.3 is 0 Å². The lowest BCUT2D eigenvalue weighted by atomic mass is 9.86. The first-order valence-corrected chi connectivity index (χ1v) is 10.2. The van der Waals surface area contributed by atoms with Crippen LogP contribution in [0.2, 0.25) is 5.02 Å². The molecular weight excluding hydrogens is 409 g/mol. The van der Waals surface area contributed by atoms with Gasteiger partial charge in [0.25, 0.3) is 5.91 Å². The molecule has 1 aliphatic rings. The number of carbonyl (C=O) groups excluding carboxylic acids is 2. The Bertz CT molecular complexity index is 983. The SMILES string of the molecule is CN1CCCn2c(-c3ccc(Cl)cc3F)nc(C(=O)NC(C(N)=O)C(C)(C)C)c2C1. The minimum Gasteiger partial charge on any atom is -0.368 e. The number of amides is 2. The van der Waals surface area contributed by atoms with E-state index in [1.54, 1.807) is 12.1 Å². The fraction of sp³-hybridized carbons (Fsp3) is 0.476. The van der Waals surface area contributed by atoms with E-state index < -0.39 is 29.1 Å². The predicted octanol–water partition coefficient (Wildman–Crippen LogP) is 2.81. The third-order valence-corrected chi connectivity index (χ3v) is 5.46. The number of hydrogen-bond acceptors (Lipinski definition) is 4. The van der Waals surface area contributed by atoms with Gasteiger partial charge in [-0.3, -0.25) is 9.59 Å². The van der Waals surface area contributed by atoms with Gasteiger partial charge in [0, 0.05) is 18.1 Å². The molecule has 3 N–H and O–H groups in total. The smallest absolute Gasteiger partial charge is 0.272 e. The molecule has 1 aliphatic heterocycles. The zero-order valence-corrected chi connectivity index (χ0v) is 18.4. The zero-order chi connectivity index (χ0) is 22.2. The average Bonchev–Trinajstić information content (AvgIpc) is 2.84. The number of benzene rings is 1. The van der Waals surface area contributed by atoms with E-state index in [9.17, 15) is 14.0 Å². The number of hydrogen-bond donors (Lipinski definition) is 2. The first-order chi connectivity index (χ1) is 14.0. The van der Waals surface area contributed by atoms with Crippen molar-refractivity contribution in [3.05, 3.63) is 40.4 Å². The maximum Gasteiger partial charge on any atom is 0.272 e. The Morgan fingerprint density at radius 1 is 1.30 bits per heavy atom. The van der Waals surface area contributed by atoms with Crippen LogP contribution in [0, 0.1) is 11.2 Å². The molecule has 0 spiro atoms. The molecular formula is C21H27ClFN5O2. The second-order valence-corrected chi connectivity index (χ2v) is 9.21. The molecule has 1 aromatic heterocycles. The summed E-state index contributed by atoms with van der Waals surface area (Å²) in [7, 11) is 1.95. The molecule has 2 heterocycles. The van der Waals surface area contributed by atoms with Crippen LogP contribution >= 0.6 is 11.6 Å². The third-order valence-electron chi connectivity index (χ3n) is 5.23. The molecule has 0 bridgehead atoms. The number of imidazole rings is 1. The maximum atomic E-state index is 14.7. The van der Waals surface area contributed by atoms with Crippen LogP contribution in [-0.2, 0) is 17.9 Å². The van der Waals surface area contributed by atoms with Gasteiger partial charge in [0.1, 0.15) is 17.7 Å². The highest BCUT2D eigenvalue weighted by atomic mass is 35.5. The quantitative estimate of drug-likeness (QED) is 0.772. The fourth-order valence-electron chi connectivity index (χ4n) is 3.69. The van der Waals surface area contributed by atoms with Crippen LogP contribution in [0.3, 0.4) is 0 Å². The van der Waals surface area contributed by atoms with Gasteiger partial charge in [-0.2, -0.15) is 0 Å². The van der Waals surface area contributed by atoms with Crippen molar-refractivity contribution in [2.24, 2.45) is 11.1 Å². The molecule has 3 rings (SSSR count). The van der Waals surface area contributed by atoms with Crippen molar-refractivity contribution in [3.63, 3.8) is 0 Å². The van der Waals surface area contributed by atoms with Gasteiger partial charge in [0.2, 0.25) is 5.91 Å². The minimum atomic E-state index is -0.874. The van der Waals surface area contributed by atoms with Gasteiger partial charge in [-0.1, -0.05) is 32.4 Å². The monoisotopic (exact) mass is 435 g/mol. The predicted molar refractivity (Wildman–Crippen MR) is 113 cm³/mol. The van der Waals surface area contributed by atoms with Crippen molar-refractivity contribution in [2.45, 2.75) is 46.3 Å². The Kier molecular flexibility index (Phi) is 6.19. The van der Waals surface area contributed by atoms with Gasteiger partial charge < -0.3 is 20.5 Å². The molecule has 1 atom stereocenters. The van der Waals surface area contributed by atoms with Crippen LogP contribution in [0.4, 0.5) is 4.39 Å². The first-order valence-electron chi connectivity index (χ1n) is 9.82. The molecule has 2 aromatic rings. The summed E-state index contributed by atoms with van der Waals surface area (Å²) in [5.41, 5.74) is 6.06. The molecule has 0 aliphatic carbocycles. The van der Waals surface area contributed by atoms with E-state index in [4.69, 9.17) is 17.3 Å². The Morgan fingerprint density at radius 2 is 2.00 bits per heavy atom. The highest BCUT2D eigenvalue weighted by Gasteiger charge is 2.34. The molecule has 0 radical (unpaired) electrons. The number of nitrogens with two attached hydrogens (primary N) is 1. The van der Waals surface area contributed by atoms with Crippen LogP contribution in [0.5, 0.6) is 0 Å². The molecule has 0 saturated carbocycles. The summed E-state index contributed by atoms with van der Waals surface area (Å²) >= 11 is 5.90. The van der Waals surface area contributed by atoms with Crippen LogP contribution in [0.1, 0.15) is 43.4 Å². The Labute approximate surface area is 180 Å². The van der Waals surface area contributed by atoms with Gasteiger partial charge in [-0.15, -0.1) is 0 Å². The van der Waals surface area contributed by atoms with E-state index in [1.165, 1.54) is 6.07 Å². The fourth-order valence-corrected chi connectivity index (χ4v) is 3.85. The highest BCUT2D eigenvalue weighted by Crippen LogP contribution is 2.30. The standard InChI is InChI=1S/C21H27ClFN5O2/c1-21(2,3)17(18(24)29)26-20(30)16-15-11-27(4)8-5-9-28(15)19(25-16)13-7-6-12(22)10-14(13)23/h6-7,10,17H,5,8-9,11H2,1-4H3,(H2,24,29)(H,26,30). The van der Waals surface area contributed by atoms with Crippen molar-refractivity contribution in [2.75, 3.05) is 13.6 Å². The summed E-state index contributed by atoms with van der Waals surface area (Å²) in [5.74, 6) is -1.27. The molecule has 1 aromatic carbocycles. The maximum absolute atomic E-state index is 14.7. The minimum absolute atomic E-state index is 0.170. The van der Waals surface area contributed by atoms with E-state index in [1.807, 2.05) is 32.4 Å². The largest absolute Gasteiger partial charge is 0.368 e. The topological polar surface area (TPSA) is 93.2 Å². The Hall–Kier alpha value is -2.45. The number of carbonyl (C=O) groups is 2. The van der Waals surface area contributed by atoms with E-state index in [2.05, 4.69) is 15.2 Å². The summed E-state index contributed by atoms with van der Waals surface area (Å²) in [6, 6.07) is 3.50. The van der Waals surface area contributed by atoms with Crippen molar-refractivity contribution >= 4 is 23.4 Å². The van der Waals surface area contributed by atoms with Crippen LogP contribution in [-0.4, -0.2) is 45.9 Å². The molecule has 1 unspecified atom stereocenters. The second kappa shape index (κ2) is 8.35. The Morgan fingerprint density at radius 3 is 2.60 bits per heavy atom. The van der Waals surface area contributed by atoms with Gasteiger partial charge in [-0.05, 0) is 43.6 Å². The molecule has 7 nitrogen and oxygen atoms in total. The summed E-state index contributed by atoms with van der Waals surface area (Å²) in [6.45, 7) is 7.35. The number of nitrogens with zero attached hydrogens (tertiary/aromatic N) is 3. The van der Waals surface area contributed by atoms with Gasteiger partial charge in [-0.25, -0.2) is 9.37 Å². The first kappa shape index (κ1) is 22.2.